The van der Waals surface area contributed by atoms with E-state index < -0.39 is 23.6 Å². The lowest BCUT2D eigenvalue weighted by Crippen LogP contribution is -2.48. The number of rotatable bonds is 4. The van der Waals surface area contributed by atoms with E-state index in [2.05, 4.69) is 10.1 Å². The SMILES string of the molecule is COC(=O)C(=O)C1=C(C)N(c2ccccc2)C(=S)N[C@H]1c1cccc(F)c1. The van der Waals surface area contributed by atoms with Crippen LogP contribution >= 0.6 is 12.2 Å². The third-order valence-electron chi connectivity index (χ3n) is 4.30. The van der Waals surface area contributed by atoms with Gasteiger partial charge in [-0.15, -0.1) is 0 Å². The maximum Gasteiger partial charge on any atom is 0.379 e. The second-order valence-electron chi connectivity index (χ2n) is 5.93. The lowest BCUT2D eigenvalue weighted by atomic mass is 9.91. The molecule has 0 bridgehead atoms. The third kappa shape index (κ3) is 3.59. The van der Waals surface area contributed by atoms with E-state index in [1.165, 1.54) is 18.2 Å². The first-order chi connectivity index (χ1) is 12.9. The zero-order valence-corrected chi connectivity index (χ0v) is 15.5. The van der Waals surface area contributed by atoms with E-state index in [-0.39, 0.29) is 5.57 Å². The molecule has 0 saturated heterocycles. The molecule has 2 aromatic carbocycles. The van der Waals surface area contributed by atoms with Crippen LogP contribution in [0.25, 0.3) is 0 Å². The van der Waals surface area contributed by atoms with Gasteiger partial charge in [-0.05, 0) is 49.0 Å². The zero-order chi connectivity index (χ0) is 19.6. The van der Waals surface area contributed by atoms with Crippen molar-refractivity contribution in [3.63, 3.8) is 0 Å². The van der Waals surface area contributed by atoms with Crippen LogP contribution in [0.2, 0.25) is 0 Å². The summed E-state index contributed by atoms with van der Waals surface area (Å²) in [6.45, 7) is 1.70. The van der Waals surface area contributed by atoms with Crippen molar-refractivity contribution in [2.75, 3.05) is 12.0 Å². The van der Waals surface area contributed by atoms with Gasteiger partial charge < -0.3 is 10.1 Å². The van der Waals surface area contributed by atoms with Crippen LogP contribution < -0.4 is 10.2 Å². The number of carbonyl (C=O) groups is 2. The Kier molecular flexibility index (Phi) is 5.32. The highest BCUT2D eigenvalue weighted by Gasteiger charge is 2.37. The molecule has 3 rings (SSSR count). The Hall–Kier alpha value is -3.06. The van der Waals surface area contributed by atoms with Crippen LogP contribution in [0.3, 0.4) is 0 Å². The quantitative estimate of drug-likeness (QED) is 0.496. The van der Waals surface area contributed by atoms with Crippen LogP contribution in [-0.2, 0) is 14.3 Å². The van der Waals surface area contributed by atoms with Crippen LogP contribution in [0.5, 0.6) is 0 Å². The molecule has 7 heteroatoms. The van der Waals surface area contributed by atoms with Crippen molar-refractivity contribution in [2.45, 2.75) is 13.0 Å². The molecule has 0 radical (unpaired) electrons. The smallest absolute Gasteiger partial charge is 0.379 e. The van der Waals surface area contributed by atoms with Crippen molar-refractivity contribution in [3.8, 4) is 0 Å². The molecular weight excluding hydrogens is 367 g/mol. The van der Waals surface area contributed by atoms with Crippen LogP contribution in [0.1, 0.15) is 18.5 Å². The van der Waals surface area contributed by atoms with Crippen molar-refractivity contribution in [2.24, 2.45) is 0 Å². The molecule has 0 unspecified atom stereocenters. The predicted molar refractivity (Wildman–Crippen MR) is 104 cm³/mol. The maximum absolute atomic E-state index is 13.7. The zero-order valence-electron chi connectivity index (χ0n) is 14.7. The van der Waals surface area contributed by atoms with Crippen molar-refractivity contribution in [1.82, 2.24) is 5.32 Å². The van der Waals surface area contributed by atoms with Gasteiger partial charge in [0.2, 0.25) is 0 Å². The highest BCUT2D eigenvalue weighted by molar-refractivity contribution is 7.80. The Morgan fingerprint density at radius 3 is 2.48 bits per heavy atom. The lowest BCUT2D eigenvalue weighted by Gasteiger charge is -2.37. The number of halogens is 1. The third-order valence-corrected chi connectivity index (χ3v) is 4.60. The van der Waals surface area contributed by atoms with Crippen molar-refractivity contribution < 1.29 is 18.7 Å². The number of methoxy groups -OCH3 is 1. The molecule has 0 aromatic heterocycles. The van der Waals surface area contributed by atoms with E-state index in [9.17, 15) is 14.0 Å². The number of allylic oxidation sites excluding steroid dienone is 1. The second-order valence-corrected chi connectivity index (χ2v) is 6.31. The van der Waals surface area contributed by atoms with Gasteiger partial charge >= 0.3 is 5.97 Å². The molecule has 0 saturated carbocycles. The van der Waals surface area contributed by atoms with Gasteiger partial charge in [-0.25, -0.2) is 9.18 Å². The summed E-state index contributed by atoms with van der Waals surface area (Å²) < 4.78 is 18.4. The first-order valence-corrected chi connectivity index (χ1v) is 8.59. The molecule has 1 heterocycles. The predicted octanol–water partition coefficient (Wildman–Crippen LogP) is 3.28. The number of para-hydroxylation sites is 1. The first-order valence-electron chi connectivity index (χ1n) is 8.18. The van der Waals surface area contributed by atoms with Gasteiger partial charge in [0, 0.05) is 11.4 Å². The number of ketones is 1. The minimum atomic E-state index is -0.992. The fraction of sp³-hybridized carbons (Fsp3) is 0.150. The fourth-order valence-corrected chi connectivity index (χ4v) is 3.42. The molecule has 138 valence electrons. The topological polar surface area (TPSA) is 58.6 Å². The molecule has 1 aliphatic heterocycles. The number of hydrogen-bond donors (Lipinski definition) is 1. The Bertz CT molecular complexity index is 943. The Labute approximate surface area is 161 Å². The molecule has 0 spiro atoms. The van der Waals surface area contributed by atoms with E-state index in [1.807, 2.05) is 30.3 Å². The summed E-state index contributed by atoms with van der Waals surface area (Å²) in [5, 5.41) is 3.40. The fourth-order valence-electron chi connectivity index (χ4n) is 3.06. The summed E-state index contributed by atoms with van der Waals surface area (Å²) in [5.74, 6) is -2.25. The summed E-state index contributed by atoms with van der Waals surface area (Å²) in [6, 6.07) is 14.3. The number of ether oxygens (including phenoxy) is 1. The van der Waals surface area contributed by atoms with Crippen LogP contribution in [0.15, 0.2) is 65.9 Å². The summed E-state index contributed by atoms with van der Waals surface area (Å²) in [5.41, 5.74) is 1.86. The van der Waals surface area contributed by atoms with E-state index in [1.54, 1.807) is 17.9 Å². The van der Waals surface area contributed by atoms with Crippen LogP contribution in [-0.4, -0.2) is 24.0 Å². The van der Waals surface area contributed by atoms with E-state index >= 15 is 0 Å². The minimum Gasteiger partial charge on any atom is -0.463 e. The van der Waals surface area contributed by atoms with Crippen molar-refractivity contribution in [3.05, 3.63) is 77.2 Å². The largest absolute Gasteiger partial charge is 0.463 e. The lowest BCUT2D eigenvalue weighted by molar-refractivity contribution is -0.150. The van der Waals surface area contributed by atoms with Gasteiger partial charge in [-0.3, -0.25) is 9.69 Å². The summed E-state index contributed by atoms with van der Waals surface area (Å²) in [6.07, 6.45) is 0. The van der Waals surface area contributed by atoms with Gasteiger partial charge in [-0.1, -0.05) is 30.3 Å². The average Bonchev–Trinajstić information content (AvgIpc) is 2.67. The number of hydrogen-bond acceptors (Lipinski definition) is 4. The number of nitrogens with one attached hydrogen (secondary N) is 1. The number of thiocarbonyl (C=S) groups is 1. The summed E-state index contributed by atoms with van der Waals surface area (Å²) in [4.78, 5) is 26.4. The first kappa shape index (κ1) is 18.7. The molecule has 0 aliphatic carbocycles. The molecule has 0 amide bonds. The second kappa shape index (κ2) is 7.67. The van der Waals surface area contributed by atoms with Crippen molar-refractivity contribution >= 4 is 34.8 Å². The maximum atomic E-state index is 13.7. The highest BCUT2D eigenvalue weighted by Crippen LogP contribution is 2.34. The van der Waals surface area contributed by atoms with Crippen LogP contribution in [0.4, 0.5) is 10.1 Å². The Morgan fingerprint density at radius 2 is 1.85 bits per heavy atom. The monoisotopic (exact) mass is 384 g/mol. The standard InChI is InChI=1S/C20H17FN2O3S/c1-12-16(18(24)19(25)26-2)17(13-7-6-8-14(21)11-13)22-20(27)23(12)15-9-4-3-5-10-15/h3-11,17H,1-2H3,(H,22,27)/t17-/m0/s1. The van der Waals surface area contributed by atoms with E-state index in [4.69, 9.17) is 12.2 Å². The van der Waals surface area contributed by atoms with Gasteiger partial charge in [0.15, 0.2) is 5.11 Å². The Morgan fingerprint density at radius 1 is 1.15 bits per heavy atom. The minimum absolute atomic E-state index is 0.157. The molecule has 0 fully saturated rings. The van der Waals surface area contributed by atoms with Gasteiger partial charge in [0.1, 0.15) is 5.82 Å². The summed E-state index contributed by atoms with van der Waals surface area (Å²) >= 11 is 5.49. The van der Waals surface area contributed by atoms with Gasteiger partial charge in [-0.2, -0.15) is 0 Å². The Balaban J connectivity index is 2.18. The molecule has 2 aromatic rings. The molecule has 1 atom stereocenters. The number of carbonyl (C=O) groups excluding carboxylic acids is 2. The van der Waals surface area contributed by atoms with Gasteiger partial charge in [0.05, 0.1) is 18.7 Å². The number of Topliss-reactive ketones (excluding diaryl/α,β-unsaturated/α-hetero) is 1. The molecule has 5 nitrogen and oxygen atoms in total. The molecular formula is C20H17FN2O3S. The highest BCUT2D eigenvalue weighted by atomic mass is 32.1. The molecule has 27 heavy (non-hydrogen) atoms. The number of nitrogens with zero attached hydrogens (tertiary/aromatic N) is 1. The summed E-state index contributed by atoms with van der Waals surface area (Å²) in [7, 11) is 1.14. The van der Waals surface area contributed by atoms with E-state index in [0.717, 1.165) is 12.8 Å². The van der Waals surface area contributed by atoms with Gasteiger partial charge in [0.25, 0.3) is 5.78 Å². The van der Waals surface area contributed by atoms with Crippen molar-refractivity contribution in [1.29, 1.82) is 0 Å². The average molecular weight is 384 g/mol. The van der Waals surface area contributed by atoms with E-state index in [0.29, 0.717) is 16.4 Å². The van der Waals surface area contributed by atoms with Crippen LogP contribution in [0, 0.1) is 5.82 Å². The molecule has 1 N–H and O–H groups in total. The number of benzene rings is 2. The number of esters is 1. The normalized spacial score (nSPS) is 16.8. The molecule has 1 aliphatic rings. The number of anilines is 1.